The highest BCUT2D eigenvalue weighted by molar-refractivity contribution is 5.89. The van der Waals surface area contributed by atoms with Crippen molar-refractivity contribution in [2.45, 2.75) is 18.9 Å². The Labute approximate surface area is 85.5 Å². The molecule has 1 atom stereocenters. The minimum atomic E-state index is -2.54. The first-order valence-corrected chi connectivity index (χ1v) is 4.38. The van der Waals surface area contributed by atoms with Crippen molar-refractivity contribution in [3.8, 4) is 0 Å². The van der Waals surface area contributed by atoms with Crippen LogP contribution >= 0.6 is 0 Å². The van der Waals surface area contributed by atoms with Crippen LogP contribution in [0.25, 0.3) is 0 Å². The largest absolute Gasteiger partial charge is 0.478 e. The smallest absolute Gasteiger partial charge is 0.336 e. The first-order chi connectivity index (χ1) is 7.02. The van der Waals surface area contributed by atoms with Crippen molar-refractivity contribution in [1.29, 1.82) is 0 Å². The van der Waals surface area contributed by atoms with E-state index in [1.165, 1.54) is 18.2 Å². The maximum atomic E-state index is 12.1. The molecule has 0 fully saturated rings. The number of hydrogen-bond donors (Lipinski definition) is 2. The Hall–Kier alpha value is -1.49. The first-order valence-electron chi connectivity index (χ1n) is 4.38. The maximum absolute atomic E-state index is 12.1. The summed E-state index contributed by atoms with van der Waals surface area (Å²) >= 11 is 0. The standard InChI is InChI=1S/C10H11F2NO2/c11-9(12)5-8(13)6-3-1-2-4-7(6)10(14)15/h1-4,8-9H,5,13H2,(H,14,15)/t8-/m0/s1. The predicted octanol–water partition coefficient (Wildman–Crippen LogP) is 2.04. The zero-order valence-electron chi connectivity index (χ0n) is 7.86. The van der Waals surface area contributed by atoms with Gasteiger partial charge in [0.25, 0.3) is 0 Å². The highest BCUT2D eigenvalue weighted by atomic mass is 19.3. The molecule has 5 heteroatoms. The second-order valence-electron chi connectivity index (χ2n) is 3.13. The summed E-state index contributed by atoms with van der Waals surface area (Å²) in [6.07, 6.45) is -3.08. The van der Waals surface area contributed by atoms with E-state index in [4.69, 9.17) is 10.8 Å². The zero-order chi connectivity index (χ0) is 11.4. The molecular formula is C10H11F2NO2. The summed E-state index contributed by atoms with van der Waals surface area (Å²) in [4.78, 5) is 10.8. The Morgan fingerprint density at radius 3 is 2.53 bits per heavy atom. The molecule has 0 aliphatic carbocycles. The molecule has 15 heavy (non-hydrogen) atoms. The Kier molecular flexibility index (Phi) is 3.74. The van der Waals surface area contributed by atoms with Crippen molar-refractivity contribution >= 4 is 5.97 Å². The molecule has 3 nitrogen and oxygen atoms in total. The number of alkyl halides is 2. The van der Waals surface area contributed by atoms with E-state index in [2.05, 4.69) is 0 Å². The second-order valence-corrected chi connectivity index (χ2v) is 3.13. The molecule has 82 valence electrons. The van der Waals surface area contributed by atoms with Crippen LogP contribution in [0.4, 0.5) is 8.78 Å². The minimum absolute atomic E-state index is 0.0225. The summed E-state index contributed by atoms with van der Waals surface area (Å²) in [6.45, 7) is 0. The zero-order valence-corrected chi connectivity index (χ0v) is 7.86. The molecule has 0 saturated heterocycles. The molecule has 0 saturated carbocycles. The van der Waals surface area contributed by atoms with Crippen molar-refractivity contribution in [2.75, 3.05) is 0 Å². The quantitative estimate of drug-likeness (QED) is 0.807. The second kappa shape index (κ2) is 4.84. The maximum Gasteiger partial charge on any atom is 0.336 e. The number of benzene rings is 1. The monoisotopic (exact) mass is 215 g/mol. The van der Waals surface area contributed by atoms with Gasteiger partial charge in [-0.2, -0.15) is 0 Å². The van der Waals surface area contributed by atoms with Crippen LogP contribution in [0.1, 0.15) is 28.4 Å². The normalized spacial score (nSPS) is 12.8. The number of carboxylic acids is 1. The van der Waals surface area contributed by atoms with Crippen LogP contribution in [0.2, 0.25) is 0 Å². The van der Waals surface area contributed by atoms with Gasteiger partial charge in [0.15, 0.2) is 0 Å². The van der Waals surface area contributed by atoms with Gasteiger partial charge >= 0.3 is 5.97 Å². The number of nitrogens with two attached hydrogens (primary N) is 1. The highest BCUT2D eigenvalue weighted by Crippen LogP contribution is 2.21. The van der Waals surface area contributed by atoms with Crippen LogP contribution in [0.3, 0.4) is 0 Å². The highest BCUT2D eigenvalue weighted by Gasteiger charge is 2.18. The number of rotatable bonds is 4. The number of carboxylic acid groups (broad SMARTS) is 1. The predicted molar refractivity (Wildman–Crippen MR) is 51.0 cm³/mol. The molecule has 3 N–H and O–H groups in total. The van der Waals surface area contributed by atoms with E-state index in [0.717, 1.165) is 0 Å². The molecule has 1 rings (SSSR count). The van der Waals surface area contributed by atoms with Gasteiger partial charge in [0, 0.05) is 12.5 Å². The van der Waals surface area contributed by atoms with E-state index in [0.29, 0.717) is 0 Å². The summed E-state index contributed by atoms with van der Waals surface area (Å²) < 4.78 is 24.2. The third kappa shape index (κ3) is 2.99. The molecule has 0 aliphatic heterocycles. The minimum Gasteiger partial charge on any atom is -0.478 e. The van der Waals surface area contributed by atoms with Crippen LogP contribution in [0, 0.1) is 0 Å². The summed E-state index contributed by atoms with van der Waals surface area (Å²) in [6, 6.07) is 4.96. The number of halogens is 2. The Bertz CT molecular complexity index is 355. The van der Waals surface area contributed by atoms with Gasteiger partial charge in [-0.05, 0) is 11.6 Å². The van der Waals surface area contributed by atoms with Crippen LogP contribution in [0.15, 0.2) is 24.3 Å². The van der Waals surface area contributed by atoms with Gasteiger partial charge in [0.1, 0.15) is 0 Å². The fraction of sp³-hybridized carbons (Fsp3) is 0.300. The summed E-state index contributed by atoms with van der Waals surface area (Å²) in [5, 5.41) is 8.81. The lowest BCUT2D eigenvalue weighted by atomic mass is 9.99. The average molecular weight is 215 g/mol. The van der Waals surface area contributed by atoms with E-state index < -0.39 is 24.9 Å². The first kappa shape index (κ1) is 11.6. The molecule has 0 radical (unpaired) electrons. The Morgan fingerprint density at radius 1 is 1.40 bits per heavy atom. The van der Waals surface area contributed by atoms with Gasteiger partial charge < -0.3 is 10.8 Å². The number of aromatic carboxylic acids is 1. The van der Waals surface area contributed by atoms with Gasteiger partial charge in [-0.3, -0.25) is 0 Å². The fourth-order valence-corrected chi connectivity index (χ4v) is 1.33. The molecular weight excluding hydrogens is 204 g/mol. The molecule has 0 amide bonds. The van der Waals surface area contributed by atoms with Crippen molar-refractivity contribution in [1.82, 2.24) is 0 Å². The van der Waals surface area contributed by atoms with E-state index >= 15 is 0 Å². The van der Waals surface area contributed by atoms with Gasteiger partial charge in [0.05, 0.1) is 5.56 Å². The van der Waals surface area contributed by atoms with Crippen LogP contribution in [-0.4, -0.2) is 17.5 Å². The molecule has 0 aliphatic rings. The topological polar surface area (TPSA) is 63.3 Å². The summed E-state index contributed by atoms with van der Waals surface area (Å²) in [7, 11) is 0. The molecule has 1 aromatic carbocycles. The summed E-state index contributed by atoms with van der Waals surface area (Å²) in [5.41, 5.74) is 5.71. The number of carbonyl (C=O) groups is 1. The van der Waals surface area contributed by atoms with Crippen molar-refractivity contribution in [3.05, 3.63) is 35.4 Å². The molecule has 0 unspecified atom stereocenters. The molecule has 0 heterocycles. The van der Waals surface area contributed by atoms with Gasteiger partial charge in [-0.25, -0.2) is 13.6 Å². The van der Waals surface area contributed by atoms with E-state index in [9.17, 15) is 13.6 Å². The fourth-order valence-electron chi connectivity index (χ4n) is 1.33. The molecule has 0 bridgehead atoms. The molecule has 1 aromatic rings. The third-order valence-electron chi connectivity index (χ3n) is 2.02. The van der Waals surface area contributed by atoms with Crippen LogP contribution < -0.4 is 5.73 Å². The van der Waals surface area contributed by atoms with E-state index in [1.807, 2.05) is 0 Å². The van der Waals surface area contributed by atoms with Crippen molar-refractivity contribution in [3.63, 3.8) is 0 Å². The summed E-state index contributed by atoms with van der Waals surface area (Å²) in [5.74, 6) is -1.16. The van der Waals surface area contributed by atoms with Gasteiger partial charge in [-0.1, -0.05) is 18.2 Å². The lowest BCUT2D eigenvalue weighted by molar-refractivity contribution is 0.0693. The number of hydrogen-bond acceptors (Lipinski definition) is 2. The van der Waals surface area contributed by atoms with Gasteiger partial charge in [0.2, 0.25) is 6.43 Å². The Balaban J connectivity index is 2.97. The third-order valence-corrected chi connectivity index (χ3v) is 2.02. The molecule has 0 spiro atoms. The van der Waals surface area contributed by atoms with E-state index in [-0.39, 0.29) is 11.1 Å². The van der Waals surface area contributed by atoms with Crippen molar-refractivity contribution < 1.29 is 18.7 Å². The molecule has 0 aromatic heterocycles. The van der Waals surface area contributed by atoms with Gasteiger partial charge in [-0.15, -0.1) is 0 Å². The lowest BCUT2D eigenvalue weighted by Crippen LogP contribution is -2.17. The van der Waals surface area contributed by atoms with Crippen LogP contribution in [-0.2, 0) is 0 Å². The van der Waals surface area contributed by atoms with Crippen molar-refractivity contribution in [2.24, 2.45) is 5.73 Å². The Morgan fingerprint density at radius 2 is 2.00 bits per heavy atom. The van der Waals surface area contributed by atoms with Crippen LogP contribution in [0.5, 0.6) is 0 Å². The SMILES string of the molecule is N[C@@H](CC(F)F)c1ccccc1C(=O)O. The van der Waals surface area contributed by atoms with E-state index in [1.54, 1.807) is 6.07 Å². The average Bonchev–Trinajstić information content (AvgIpc) is 2.16. The lowest BCUT2D eigenvalue weighted by Gasteiger charge is -2.13.